The molecule has 3 heterocycles. The zero-order valence-corrected chi connectivity index (χ0v) is 14.3. The van der Waals surface area contributed by atoms with E-state index in [0.717, 1.165) is 10.6 Å². The van der Waals surface area contributed by atoms with E-state index >= 15 is 0 Å². The van der Waals surface area contributed by atoms with E-state index in [-0.39, 0.29) is 24.5 Å². The molecule has 25 heavy (non-hydrogen) atoms. The Morgan fingerprint density at radius 3 is 2.72 bits per heavy atom. The molecule has 1 aromatic carbocycles. The molecule has 0 aliphatic carbocycles. The standard InChI is InChI=1S/C17H17N3O4S/c18-15(21)10-3-5-20(6-4-10)17(22)12-8-25-16(19-12)11-1-2-13-14(7-11)24-9-23-13/h1-2,7-8,10H,3-6,9H2,(H2,18,21). The van der Waals surface area contributed by atoms with Gasteiger partial charge in [-0.2, -0.15) is 0 Å². The summed E-state index contributed by atoms with van der Waals surface area (Å²) in [4.78, 5) is 30.1. The van der Waals surface area contributed by atoms with E-state index in [0.29, 0.717) is 43.1 Å². The number of hydrogen-bond donors (Lipinski definition) is 1. The van der Waals surface area contributed by atoms with Crippen molar-refractivity contribution in [1.29, 1.82) is 0 Å². The number of carbonyl (C=O) groups excluding carboxylic acids is 2. The number of rotatable bonds is 3. The van der Waals surface area contributed by atoms with Crippen molar-refractivity contribution in [3.63, 3.8) is 0 Å². The van der Waals surface area contributed by atoms with Gasteiger partial charge in [0.05, 0.1) is 0 Å². The van der Waals surface area contributed by atoms with Crippen molar-refractivity contribution in [2.24, 2.45) is 11.7 Å². The number of ether oxygens (including phenoxy) is 2. The van der Waals surface area contributed by atoms with Gasteiger partial charge in [0.2, 0.25) is 12.7 Å². The Balaban J connectivity index is 1.48. The summed E-state index contributed by atoms with van der Waals surface area (Å²) in [5.41, 5.74) is 6.65. The zero-order valence-electron chi connectivity index (χ0n) is 13.4. The summed E-state index contributed by atoms with van der Waals surface area (Å²) >= 11 is 1.42. The van der Waals surface area contributed by atoms with E-state index in [4.69, 9.17) is 15.2 Å². The Bertz CT molecular complexity index is 827. The molecule has 0 bridgehead atoms. The Morgan fingerprint density at radius 2 is 1.96 bits per heavy atom. The summed E-state index contributed by atoms with van der Waals surface area (Å²) in [7, 11) is 0. The van der Waals surface area contributed by atoms with Gasteiger partial charge in [0.25, 0.3) is 5.91 Å². The molecule has 0 saturated carbocycles. The lowest BCUT2D eigenvalue weighted by Crippen LogP contribution is -2.41. The summed E-state index contributed by atoms with van der Waals surface area (Å²) in [6.07, 6.45) is 1.22. The molecule has 4 rings (SSSR count). The van der Waals surface area contributed by atoms with Crippen molar-refractivity contribution in [2.75, 3.05) is 19.9 Å². The third-order valence-corrected chi connectivity index (χ3v) is 5.42. The van der Waals surface area contributed by atoms with Crippen LogP contribution in [0, 0.1) is 5.92 Å². The molecule has 2 amide bonds. The van der Waals surface area contributed by atoms with Crippen LogP contribution in [0.15, 0.2) is 23.6 Å². The molecular weight excluding hydrogens is 342 g/mol. The third kappa shape index (κ3) is 3.05. The molecular formula is C17H17N3O4S. The lowest BCUT2D eigenvalue weighted by atomic mass is 9.96. The van der Waals surface area contributed by atoms with Crippen LogP contribution >= 0.6 is 11.3 Å². The fraction of sp³-hybridized carbons (Fsp3) is 0.353. The second-order valence-corrected chi connectivity index (χ2v) is 6.93. The maximum absolute atomic E-state index is 12.6. The lowest BCUT2D eigenvalue weighted by molar-refractivity contribution is -0.123. The minimum Gasteiger partial charge on any atom is -0.454 e. The van der Waals surface area contributed by atoms with Crippen LogP contribution in [-0.2, 0) is 4.79 Å². The highest BCUT2D eigenvalue weighted by Crippen LogP contribution is 2.36. The topological polar surface area (TPSA) is 94.8 Å². The van der Waals surface area contributed by atoms with E-state index in [1.54, 1.807) is 10.3 Å². The van der Waals surface area contributed by atoms with Crippen LogP contribution in [0.1, 0.15) is 23.3 Å². The van der Waals surface area contributed by atoms with Gasteiger partial charge in [-0.3, -0.25) is 9.59 Å². The smallest absolute Gasteiger partial charge is 0.273 e. The van der Waals surface area contributed by atoms with Gasteiger partial charge in [-0.05, 0) is 31.0 Å². The van der Waals surface area contributed by atoms with Gasteiger partial charge in [-0.1, -0.05) is 0 Å². The molecule has 7 nitrogen and oxygen atoms in total. The molecule has 2 aliphatic rings. The molecule has 2 aliphatic heterocycles. The number of fused-ring (bicyclic) bond motifs is 1. The van der Waals surface area contributed by atoms with Gasteiger partial charge >= 0.3 is 0 Å². The first-order chi connectivity index (χ1) is 12.1. The highest BCUT2D eigenvalue weighted by Gasteiger charge is 2.27. The zero-order chi connectivity index (χ0) is 17.4. The summed E-state index contributed by atoms with van der Waals surface area (Å²) in [6, 6.07) is 5.61. The quantitative estimate of drug-likeness (QED) is 0.903. The molecule has 1 aromatic heterocycles. The van der Waals surface area contributed by atoms with Crippen molar-refractivity contribution in [3.8, 4) is 22.1 Å². The van der Waals surface area contributed by atoms with Crippen LogP contribution in [0.3, 0.4) is 0 Å². The number of aromatic nitrogens is 1. The SMILES string of the molecule is NC(=O)C1CCN(C(=O)c2csc(-c3ccc4c(c3)OCO4)n2)CC1. The van der Waals surface area contributed by atoms with Gasteiger partial charge in [-0.25, -0.2) is 4.98 Å². The van der Waals surface area contributed by atoms with E-state index in [2.05, 4.69) is 4.98 Å². The fourth-order valence-corrected chi connectivity index (χ4v) is 3.85. The van der Waals surface area contributed by atoms with Crippen LogP contribution in [0.4, 0.5) is 0 Å². The number of amides is 2. The van der Waals surface area contributed by atoms with E-state index in [1.807, 2.05) is 18.2 Å². The Kier molecular flexibility index (Phi) is 4.04. The highest BCUT2D eigenvalue weighted by molar-refractivity contribution is 7.13. The second-order valence-electron chi connectivity index (χ2n) is 6.07. The number of primary amides is 1. The van der Waals surface area contributed by atoms with Gasteiger partial charge in [-0.15, -0.1) is 11.3 Å². The van der Waals surface area contributed by atoms with Crippen LogP contribution in [-0.4, -0.2) is 41.6 Å². The lowest BCUT2D eigenvalue weighted by Gasteiger charge is -2.30. The van der Waals surface area contributed by atoms with Gasteiger partial charge in [0.15, 0.2) is 11.5 Å². The molecule has 1 saturated heterocycles. The molecule has 8 heteroatoms. The van der Waals surface area contributed by atoms with Gasteiger partial charge in [0, 0.05) is 30.0 Å². The summed E-state index contributed by atoms with van der Waals surface area (Å²) in [5.74, 6) is 0.878. The van der Waals surface area contributed by atoms with Crippen LogP contribution < -0.4 is 15.2 Å². The number of benzene rings is 1. The normalized spacial score (nSPS) is 16.9. The average Bonchev–Trinajstić information content (AvgIpc) is 3.29. The van der Waals surface area contributed by atoms with Gasteiger partial charge in [0.1, 0.15) is 10.7 Å². The van der Waals surface area contributed by atoms with Crippen molar-refractivity contribution in [3.05, 3.63) is 29.3 Å². The first-order valence-corrected chi connectivity index (χ1v) is 8.94. The molecule has 2 N–H and O–H groups in total. The molecule has 0 unspecified atom stereocenters. The van der Waals surface area contributed by atoms with Gasteiger partial charge < -0.3 is 20.1 Å². The van der Waals surface area contributed by atoms with Crippen LogP contribution in [0.5, 0.6) is 11.5 Å². The number of piperidine rings is 1. The largest absolute Gasteiger partial charge is 0.454 e. The van der Waals surface area contributed by atoms with Crippen LogP contribution in [0.2, 0.25) is 0 Å². The number of carbonyl (C=O) groups is 2. The number of nitrogens with zero attached hydrogens (tertiary/aromatic N) is 2. The summed E-state index contributed by atoms with van der Waals surface area (Å²) in [5, 5.41) is 2.52. The predicted octanol–water partition coefficient (Wildman–Crippen LogP) is 1.88. The Hall–Kier alpha value is -2.61. The van der Waals surface area contributed by atoms with Crippen LogP contribution in [0.25, 0.3) is 10.6 Å². The minimum atomic E-state index is -0.286. The van der Waals surface area contributed by atoms with E-state index < -0.39 is 0 Å². The Morgan fingerprint density at radius 1 is 1.20 bits per heavy atom. The minimum absolute atomic E-state index is 0.105. The summed E-state index contributed by atoms with van der Waals surface area (Å²) < 4.78 is 10.7. The Labute approximate surface area is 148 Å². The van der Waals surface area contributed by atoms with Crippen molar-refractivity contribution >= 4 is 23.2 Å². The van der Waals surface area contributed by atoms with E-state index in [9.17, 15) is 9.59 Å². The average molecular weight is 359 g/mol. The molecule has 1 fully saturated rings. The maximum atomic E-state index is 12.6. The molecule has 2 aromatic rings. The maximum Gasteiger partial charge on any atom is 0.273 e. The highest BCUT2D eigenvalue weighted by atomic mass is 32.1. The molecule has 0 spiro atoms. The molecule has 130 valence electrons. The third-order valence-electron chi connectivity index (χ3n) is 4.53. The first kappa shape index (κ1) is 15.9. The van der Waals surface area contributed by atoms with Crippen molar-refractivity contribution < 1.29 is 19.1 Å². The number of likely N-dealkylation sites (tertiary alicyclic amines) is 1. The summed E-state index contributed by atoms with van der Waals surface area (Å²) in [6.45, 7) is 1.29. The number of thiazole rings is 1. The fourth-order valence-electron chi connectivity index (χ4n) is 3.06. The van der Waals surface area contributed by atoms with Crippen molar-refractivity contribution in [2.45, 2.75) is 12.8 Å². The van der Waals surface area contributed by atoms with Crippen molar-refractivity contribution in [1.82, 2.24) is 9.88 Å². The number of hydrogen-bond acceptors (Lipinski definition) is 6. The molecule has 0 atom stereocenters. The predicted molar refractivity (Wildman–Crippen MR) is 91.5 cm³/mol. The number of nitrogens with two attached hydrogens (primary N) is 1. The monoisotopic (exact) mass is 359 g/mol. The molecule has 0 radical (unpaired) electrons. The first-order valence-electron chi connectivity index (χ1n) is 8.06. The second kappa shape index (κ2) is 6.36. The van der Waals surface area contributed by atoms with E-state index in [1.165, 1.54) is 11.3 Å².